The monoisotopic (exact) mass is 269 g/mol. The summed E-state index contributed by atoms with van der Waals surface area (Å²) in [5.41, 5.74) is 5.97. The molecule has 0 saturated carbocycles. The number of Topliss-reactive ketones (excluding diaryl/α,β-unsaturated/α-hetero) is 1. The number of ketones is 1. The molecule has 0 aromatic heterocycles. The van der Waals surface area contributed by atoms with Crippen molar-refractivity contribution < 1.29 is 14.6 Å². The van der Waals surface area contributed by atoms with E-state index in [4.69, 9.17) is 10.5 Å². The van der Waals surface area contributed by atoms with Crippen LogP contribution in [0, 0.1) is 0 Å². The molecule has 1 atom stereocenters. The third-order valence-corrected chi connectivity index (χ3v) is 2.65. The van der Waals surface area contributed by atoms with E-state index in [0.717, 1.165) is 4.47 Å². The van der Waals surface area contributed by atoms with Crippen LogP contribution in [0.5, 0.6) is 0 Å². The fourth-order valence-corrected chi connectivity index (χ4v) is 1.60. The van der Waals surface area contributed by atoms with Gasteiger partial charge >= 0.3 is 0 Å². The van der Waals surface area contributed by atoms with E-state index in [-0.39, 0.29) is 5.88 Å². The van der Waals surface area contributed by atoms with E-state index in [1.165, 1.54) is 0 Å². The van der Waals surface area contributed by atoms with Crippen LogP contribution in [0.3, 0.4) is 0 Å². The molecule has 78 valence electrons. The van der Waals surface area contributed by atoms with Gasteiger partial charge in [-0.15, -0.1) is 0 Å². The molecule has 0 saturated heterocycles. The minimum absolute atomic E-state index is 0.215. The Labute approximate surface area is 94.5 Å². The molecule has 0 radical (unpaired) electrons. The zero-order valence-corrected chi connectivity index (χ0v) is 9.19. The highest BCUT2D eigenvalue weighted by atomic mass is 79.9. The van der Waals surface area contributed by atoms with Gasteiger partial charge in [-0.25, -0.2) is 0 Å². The second kappa shape index (κ2) is 3.58. The average Bonchev–Trinajstić information content (AvgIpc) is 2.47. The van der Waals surface area contributed by atoms with Gasteiger partial charge in [0.15, 0.2) is 6.10 Å². The molecule has 0 spiro atoms. The molecule has 0 fully saturated rings. The van der Waals surface area contributed by atoms with Gasteiger partial charge in [-0.3, -0.25) is 4.79 Å². The zero-order valence-electron chi connectivity index (χ0n) is 7.61. The fourth-order valence-electron chi connectivity index (χ4n) is 1.34. The topological polar surface area (TPSA) is 72.5 Å². The molecule has 0 bridgehead atoms. The van der Waals surface area contributed by atoms with Crippen LogP contribution in [0.15, 0.2) is 40.4 Å². The quantitative estimate of drug-likeness (QED) is 0.815. The first-order valence-electron chi connectivity index (χ1n) is 4.24. The largest absolute Gasteiger partial charge is 0.501 e. The van der Waals surface area contributed by atoms with Crippen molar-refractivity contribution in [1.29, 1.82) is 0 Å². The van der Waals surface area contributed by atoms with Gasteiger partial charge in [-0.05, 0) is 12.1 Å². The summed E-state index contributed by atoms with van der Waals surface area (Å²) in [5.74, 6) is -1.22. The molecule has 1 heterocycles. The Balaban J connectivity index is 2.29. The summed E-state index contributed by atoms with van der Waals surface area (Å²) in [6, 6.07) is 7.05. The van der Waals surface area contributed by atoms with Crippen LogP contribution in [0.25, 0.3) is 0 Å². The van der Waals surface area contributed by atoms with Crippen molar-refractivity contribution in [3.05, 3.63) is 45.9 Å². The number of ether oxygens (including phenoxy) is 1. The number of halogens is 1. The Morgan fingerprint density at radius 1 is 1.33 bits per heavy atom. The SMILES string of the molecule is NC1=C(O)C(=O)[C@H](c2ccc(Br)cc2)O1. The predicted octanol–water partition coefficient (Wildman–Crippen LogP) is 1.78. The molecule has 1 aliphatic rings. The van der Waals surface area contributed by atoms with Gasteiger partial charge in [0.2, 0.25) is 17.4 Å². The maximum atomic E-state index is 11.5. The Hall–Kier alpha value is -1.49. The summed E-state index contributed by atoms with van der Waals surface area (Å²) in [4.78, 5) is 11.5. The van der Waals surface area contributed by atoms with Crippen LogP contribution in [-0.4, -0.2) is 10.9 Å². The van der Waals surface area contributed by atoms with E-state index in [2.05, 4.69) is 15.9 Å². The lowest BCUT2D eigenvalue weighted by Gasteiger charge is -2.09. The van der Waals surface area contributed by atoms with Crippen molar-refractivity contribution in [1.82, 2.24) is 0 Å². The minimum atomic E-state index is -0.821. The van der Waals surface area contributed by atoms with Crippen molar-refractivity contribution in [2.45, 2.75) is 6.10 Å². The third kappa shape index (κ3) is 1.70. The van der Waals surface area contributed by atoms with Crippen molar-refractivity contribution in [2.24, 2.45) is 5.73 Å². The standard InChI is InChI=1S/C10H8BrNO3/c11-6-3-1-5(2-4-6)9-7(13)8(14)10(12)15-9/h1-4,9,14H,12H2/t9-/m0/s1. The number of carbonyl (C=O) groups excluding carboxylic acids is 1. The highest BCUT2D eigenvalue weighted by Gasteiger charge is 2.35. The van der Waals surface area contributed by atoms with Crippen molar-refractivity contribution in [3.63, 3.8) is 0 Å². The average molecular weight is 270 g/mol. The molecule has 15 heavy (non-hydrogen) atoms. The number of aliphatic hydroxyl groups excluding tert-OH is 1. The number of nitrogens with two attached hydrogens (primary N) is 1. The maximum absolute atomic E-state index is 11.5. The van der Waals surface area contributed by atoms with Crippen LogP contribution in [-0.2, 0) is 9.53 Å². The van der Waals surface area contributed by atoms with Crippen LogP contribution in [0.2, 0.25) is 0 Å². The van der Waals surface area contributed by atoms with Crippen LogP contribution in [0.1, 0.15) is 11.7 Å². The predicted molar refractivity (Wildman–Crippen MR) is 56.8 cm³/mol. The first-order chi connectivity index (χ1) is 7.09. The number of rotatable bonds is 1. The Morgan fingerprint density at radius 3 is 2.40 bits per heavy atom. The number of carbonyl (C=O) groups is 1. The van der Waals surface area contributed by atoms with E-state index in [1.54, 1.807) is 24.3 Å². The summed E-state index contributed by atoms with van der Waals surface area (Å²) in [5, 5.41) is 9.22. The number of hydrogen-bond acceptors (Lipinski definition) is 4. The molecule has 4 nitrogen and oxygen atoms in total. The molecule has 0 aliphatic carbocycles. The molecule has 3 N–H and O–H groups in total. The van der Waals surface area contributed by atoms with Crippen LogP contribution >= 0.6 is 15.9 Å². The van der Waals surface area contributed by atoms with E-state index in [0.29, 0.717) is 5.56 Å². The van der Waals surface area contributed by atoms with Crippen LogP contribution in [0.4, 0.5) is 0 Å². The molecule has 5 heteroatoms. The van der Waals surface area contributed by atoms with E-state index in [9.17, 15) is 9.90 Å². The van der Waals surface area contributed by atoms with Crippen molar-refractivity contribution >= 4 is 21.7 Å². The highest BCUT2D eigenvalue weighted by molar-refractivity contribution is 9.10. The van der Waals surface area contributed by atoms with E-state index >= 15 is 0 Å². The molecule has 1 aliphatic heterocycles. The smallest absolute Gasteiger partial charge is 0.247 e. The minimum Gasteiger partial charge on any atom is -0.501 e. The maximum Gasteiger partial charge on any atom is 0.247 e. The van der Waals surface area contributed by atoms with Gasteiger partial charge in [0, 0.05) is 10.0 Å². The van der Waals surface area contributed by atoms with Crippen LogP contribution < -0.4 is 5.73 Å². The molecular formula is C10H8BrNO3. The summed E-state index contributed by atoms with van der Waals surface area (Å²) in [6.07, 6.45) is -0.821. The normalized spacial score (nSPS) is 20.6. The lowest BCUT2D eigenvalue weighted by atomic mass is 10.1. The van der Waals surface area contributed by atoms with Gasteiger partial charge < -0.3 is 15.6 Å². The molecule has 0 unspecified atom stereocenters. The van der Waals surface area contributed by atoms with E-state index < -0.39 is 17.6 Å². The third-order valence-electron chi connectivity index (χ3n) is 2.12. The number of hydrogen-bond donors (Lipinski definition) is 2. The Kier molecular flexibility index (Phi) is 2.40. The summed E-state index contributed by atoms with van der Waals surface area (Å²) in [7, 11) is 0. The Morgan fingerprint density at radius 2 is 1.93 bits per heavy atom. The summed E-state index contributed by atoms with van der Waals surface area (Å²) >= 11 is 3.28. The van der Waals surface area contributed by atoms with Crippen molar-refractivity contribution in [3.8, 4) is 0 Å². The second-order valence-electron chi connectivity index (χ2n) is 3.13. The van der Waals surface area contributed by atoms with Gasteiger partial charge in [0.05, 0.1) is 0 Å². The molecular weight excluding hydrogens is 262 g/mol. The van der Waals surface area contributed by atoms with Gasteiger partial charge in [-0.1, -0.05) is 28.1 Å². The zero-order chi connectivity index (χ0) is 11.0. The lowest BCUT2D eigenvalue weighted by molar-refractivity contribution is -0.123. The number of benzene rings is 1. The molecule has 0 amide bonds. The number of aliphatic hydroxyl groups is 1. The second-order valence-corrected chi connectivity index (χ2v) is 4.04. The Bertz CT molecular complexity index is 438. The fraction of sp³-hybridized carbons (Fsp3) is 0.100. The highest BCUT2D eigenvalue weighted by Crippen LogP contribution is 2.30. The first kappa shape index (κ1) is 10.0. The van der Waals surface area contributed by atoms with Gasteiger partial charge in [0.1, 0.15) is 0 Å². The van der Waals surface area contributed by atoms with Gasteiger partial charge in [0.25, 0.3) is 0 Å². The molecule has 1 aromatic rings. The molecule has 1 aromatic carbocycles. The lowest BCUT2D eigenvalue weighted by Crippen LogP contribution is -2.09. The summed E-state index contributed by atoms with van der Waals surface area (Å²) < 4.78 is 5.96. The molecule has 2 rings (SSSR count). The first-order valence-corrected chi connectivity index (χ1v) is 5.04. The van der Waals surface area contributed by atoms with E-state index in [1.807, 2.05) is 0 Å². The summed E-state index contributed by atoms with van der Waals surface area (Å²) in [6.45, 7) is 0. The van der Waals surface area contributed by atoms with Crippen molar-refractivity contribution in [2.75, 3.05) is 0 Å². The van der Waals surface area contributed by atoms with Gasteiger partial charge in [-0.2, -0.15) is 0 Å².